The van der Waals surface area contributed by atoms with Crippen molar-refractivity contribution in [3.05, 3.63) is 71.1 Å². The van der Waals surface area contributed by atoms with E-state index >= 15 is 0 Å². The van der Waals surface area contributed by atoms with E-state index in [2.05, 4.69) is 51.7 Å². The molecule has 1 aromatic heterocycles. The fourth-order valence-electron chi connectivity index (χ4n) is 7.16. The predicted molar refractivity (Wildman–Crippen MR) is 192 cm³/mol. The van der Waals surface area contributed by atoms with Gasteiger partial charge in [-0.1, -0.05) is 31.6 Å². The molecule has 3 fully saturated rings. The van der Waals surface area contributed by atoms with Crippen LogP contribution in [-0.4, -0.2) is 106 Å². The lowest BCUT2D eigenvalue weighted by molar-refractivity contribution is -0.0247. The highest BCUT2D eigenvalue weighted by atomic mass is 35.5. The maximum absolute atomic E-state index is 12.2. The third kappa shape index (κ3) is 8.57. The number of allylic oxidation sites excluding steroid dienone is 4. The van der Waals surface area contributed by atoms with Gasteiger partial charge in [0.05, 0.1) is 16.6 Å². The fraction of sp³-hybridized carbons (Fsp3) is 0.579. The van der Waals surface area contributed by atoms with Crippen LogP contribution in [0, 0.1) is 17.2 Å². The summed E-state index contributed by atoms with van der Waals surface area (Å²) >= 11 is 6.68. The molecule has 3 saturated heterocycles. The van der Waals surface area contributed by atoms with Crippen LogP contribution in [0.15, 0.2) is 59.8 Å². The zero-order chi connectivity index (χ0) is 35.0. The van der Waals surface area contributed by atoms with Gasteiger partial charge in [-0.3, -0.25) is 9.80 Å². The van der Waals surface area contributed by atoms with Gasteiger partial charge in [0, 0.05) is 88.0 Å². The second kappa shape index (κ2) is 13.9. The molecule has 4 aliphatic rings. The first kappa shape index (κ1) is 35.2. The van der Waals surface area contributed by atoms with Crippen LogP contribution in [-0.2, 0) is 16.8 Å². The third-order valence-electron chi connectivity index (χ3n) is 10.1. The molecule has 1 aromatic carbocycles. The second-order valence-corrected chi connectivity index (χ2v) is 16.6. The summed E-state index contributed by atoms with van der Waals surface area (Å²) in [5.41, 5.74) is 3.01. The standard InChI is InChI=1S/C38H50ClN7O3/c1-36(2,3)49-35(47)46-22-28(23-46)21-43-24-32(25-43)44-13-15-45(16-14-44)34-41-12-11-31(42-34)26-48-33-9-7-29(8-10-33)37(4,5)30-17-27(20-40)18-38(6,39)19-30/h7-12,17-18,28,32H,13-16,19,21-26H2,1-6H3. The second-order valence-electron chi connectivity index (χ2n) is 15.8. The van der Waals surface area contributed by atoms with E-state index in [1.807, 2.05) is 69.1 Å². The van der Waals surface area contributed by atoms with E-state index in [1.165, 1.54) is 0 Å². The molecule has 10 nitrogen and oxygen atoms in total. The molecule has 262 valence electrons. The average Bonchev–Trinajstić information content (AvgIpc) is 3.01. The molecule has 49 heavy (non-hydrogen) atoms. The summed E-state index contributed by atoms with van der Waals surface area (Å²) in [6.45, 7) is 21.0. The predicted octanol–water partition coefficient (Wildman–Crippen LogP) is 5.78. The number of likely N-dealkylation sites (tertiary alicyclic amines) is 2. The summed E-state index contributed by atoms with van der Waals surface area (Å²) in [5, 5.41) is 9.51. The van der Waals surface area contributed by atoms with Gasteiger partial charge in [-0.2, -0.15) is 5.26 Å². The van der Waals surface area contributed by atoms with Crippen molar-refractivity contribution in [2.75, 3.05) is 63.8 Å². The minimum atomic E-state index is -0.565. The lowest BCUT2D eigenvalue weighted by Gasteiger charge is -2.50. The zero-order valence-corrected chi connectivity index (χ0v) is 30.5. The van der Waals surface area contributed by atoms with E-state index in [1.54, 1.807) is 0 Å². The Morgan fingerprint density at radius 1 is 1.04 bits per heavy atom. The Balaban J connectivity index is 0.930. The van der Waals surface area contributed by atoms with Crippen LogP contribution in [0.5, 0.6) is 5.75 Å². The van der Waals surface area contributed by atoms with Crippen molar-refractivity contribution in [1.29, 1.82) is 5.26 Å². The first-order valence-corrected chi connectivity index (χ1v) is 17.8. The highest BCUT2D eigenvalue weighted by Crippen LogP contribution is 2.42. The summed E-state index contributed by atoms with van der Waals surface area (Å²) < 4.78 is 11.6. The number of amides is 1. The SMILES string of the molecule is CC1(Cl)C=C(C#N)C=C(C(C)(C)c2ccc(OCc3ccnc(N4CCN(C5CN(CC6CN(C(=O)OC(C)(C)C)C6)C5)CC4)n3)cc2)C1. The van der Waals surface area contributed by atoms with Gasteiger partial charge in [0.25, 0.3) is 0 Å². The Bertz CT molecular complexity index is 1600. The summed E-state index contributed by atoms with van der Waals surface area (Å²) in [5.74, 6) is 2.07. The van der Waals surface area contributed by atoms with Gasteiger partial charge in [0.2, 0.25) is 5.95 Å². The van der Waals surface area contributed by atoms with Gasteiger partial charge in [-0.25, -0.2) is 14.8 Å². The van der Waals surface area contributed by atoms with E-state index in [0.717, 1.165) is 87.4 Å². The molecule has 0 spiro atoms. The molecule has 1 amide bonds. The van der Waals surface area contributed by atoms with Gasteiger partial charge in [0.1, 0.15) is 18.0 Å². The van der Waals surface area contributed by atoms with Gasteiger partial charge in [-0.05, 0) is 70.0 Å². The number of benzene rings is 1. The number of carbonyl (C=O) groups excluding carboxylic acids is 1. The summed E-state index contributed by atoms with van der Waals surface area (Å²) in [6.07, 6.45) is 6.13. The molecule has 0 bridgehead atoms. The number of hydrogen-bond acceptors (Lipinski definition) is 9. The number of hydrogen-bond donors (Lipinski definition) is 0. The molecule has 0 N–H and O–H groups in total. The Labute approximate surface area is 296 Å². The highest BCUT2D eigenvalue weighted by molar-refractivity contribution is 6.25. The molecule has 1 unspecified atom stereocenters. The minimum absolute atomic E-state index is 0.195. The highest BCUT2D eigenvalue weighted by Gasteiger charge is 2.39. The van der Waals surface area contributed by atoms with Crippen molar-refractivity contribution >= 4 is 23.6 Å². The number of rotatable bonds is 9. The average molecular weight is 688 g/mol. The number of ether oxygens (including phenoxy) is 2. The van der Waals surface area contributed by atoms with Crippen molar-refractivity contribution in [3.63, 3.8) is 0 Å². The number of nitriles is 1. The Morgan fingerprint density at radius 3 is 2.39 bits per heavy atom. The van der Waals surface area contributed by atoms with E-state index < -0.39 is 10.5 Å². The molecule has 0 saturated carbocycles. The summed E-state index contributed by atoms with van der Waals surface area (Å²) in [6, 6.07) is 12.9. The van der Waals surface area contributed by atoms with Crippen LogP contribution in [0.2, 0.25) is 0 Å². The maximum atomic E-state index is 12.2. The summed E-state index contributed by atoms with van der Waals surface area (Å²) in [4.78, 5) is 30.3. The van der Waals surface area contributed by atoms with Crippen molar-refractivity contribution in [1.82, 2.24) is 24.7 Å². The van der Waals surface area contributed by atoms with Crippen LogP contribution in [0.3, 0.4) is 0 Å². The first-order chi connectivity index (χ1) is 23.2. The van der Waals surface area contributed by atoms with E-state index in [9.17, 15) is 10.1 Å². The minimum Gasteiger partial charge on any atom is -0.487 e. The molecule has 1 atom stereocenters. The first-order valence-electron chi connectivity index (χ1n) is 17.4. The van der Waals surface area contributed by atoms with E-state index in [0.29, 0.717) is 30.6 Å². The maximum Gasteiger partial charge on any atom is 0.410 e. The van der Waals surface area contributed by atoms with Crippen molar-refractivity contribution in [2.45, 2.75) is 76.5 Å². The zero-order valence-electron chi connectivity index (χ0n) is 29.8. The van der Waals surface area contributed by atoms with Crippen LogP contribution in [0.4, 0.5) is 10.7 Å². The number of halogens is 1. The molecule has 2 aromatic rings. The fourth-order valence-corrected chi connectivity index (χ4v) is 7.42. The Kier molecular flexibility index (Phi) is 10.0. The van der Waals surface area contributed by atoms with E-state index in [4.69, 9.17) is 26.1 Å². The van der Waals surface area contributed by atoms with Crippen molar-refractivity contribution in [2.24, 2.45) is 5.92 Å². The molecule has 3 aliphatic heterocycles. The van der Waals surface area contributed by atoms with Gasteiger partial charge < -0.3 is 19.3 Å². The molecular weight excluding hydrogens is 638 g/mol. The molecular formula is C38H50ClN7O3. The number of carbonyl (C=O) groups is 1. The molecule has 11 heteroatoms. The largest absolute Gasteiger partial charge is 0.487 e. The normalized spacial score (nSPS) is 22.8. The van der Waals surface area contributed by atoms with Gasteiger partial charge in [-0.15, -0.1) is 11.6 Å². The molecule has 1 aliphatic carbocycles. The number of alkyl halides is 1. The van der Waals surface area contributed by atoms with Gasteiger partial charge >= 0.3 is 6.09 Å². The monoisotopic (exact) mass is 687 g/mol. The van der Waals surface area contributed by atoms with Crippen LogP contribution >= 0.6 is 11.6 Å². The lowest BCUT2D eigenvalue weighted by Crippen LogP contribution is -2.65. The molecule has 6 rings (SSSR count). The molecule has 4 heterocycles. The van der Waals surface area contributed by atoms with Crippen molar-refractivity contribution in [3.8, 4) is 11.8 Å². The number of nitrogens with zero attached hydrogens (tertiary/aromatic N) is 7. The van der Waals surface area contributed by atoms with Crippen molar-refractivity contribution < 1.29 is 14.3 Å². The Hall–Kier alpha value is -3.65. The van der Waals surface area contributed by atoms with Crippen LogP contribution in [0.25, 0.3) is 0 Å². The van der Waals surface area contributed by atoms with E-state index in [-0.39, 0.29) is 11.5 Å². The van der Waals surface area contributed by atoms with Crippen LogP contribution in [0.1, 0.15) is 59.2 Å². The number of aromatic nitrogens is 2. The smallest absolute Gasteiger partial charge is 0.410 e. The summed E-state index contributed by atoms with van der Waals surface area (Å²) in [7, 11) is 0. The van der Waals surface area contributed by atoms with Gasteiger partial charge in [0.15, 0.2) is 0 Å². The Morgan fingerprint density at radius 2 is 1.73 bits per heavy atom. The third-order valence-corrected chi connectivity index (χ3v) is 10.3. The number of anilines is 1. The molecule has 0 radical (unpaired) electrons. The number of piperazine rings is 1. The van der Waals surface area contributed by atoms with Crippen LogP contribution < -0.4 is 9.64 Å². The lowest BCUT2D eigenvalue weighted by atomic mass is 9.72. The quantitative estimate of drug-likeness (QED) is 0.304. The topological polar surface area (TPSA) is 98.1 Å².